The minimum atomic E-state index is 0.663. The Balaban J connectivity index is 2.19. The first-order chi connectivity index (χ1) is 6.25. The molecule has 68 valence electrons. The van der Waals surface area contributed by atoms with E-state index in [4.69, 9.17) is 0 Å². The van der Waals surface area contributed by atoms with Gasteiger partial charge in [0.05, 0.1) is 12.1 Å². The number of nitrogens with one attached hydrogen (secondary N) is 1. The summed E-state index contributed by atoms with van der Waals surface area (Å²) < 4.78 is 0. The second-order valence-electron chi connectivity index (χ2n) is 2.75. The molecule has 0 saturated carbocycles. The largest absolute Gasteiger partial charge is 0.246 e. The molecule has 2 heterocycles. The number of aryl methyl sites for hydroxylation is 2. The van der Waals surface area contributed by atoms with Crippen molar-refractivity contribution in [3.63, 3.8) is 0 Å². The lowest BCUT2D eigenvalue weighted by Crippen LogP contribution is -1.90. The fourth-order valence-corrected chi connectivity index (χ4v) is 1.94. The Morgan fingerprint density at radius 3 is 2.77 bits per heavy atom. The molecule has 0 aliphatic carbocycles. The van der Waals surface area contributed by atoms with Gasteiger partial charge in [0.15, 0.2) is 5.82 Å². The quantitative estimate of drug-likeness (QED) is 0.771. The maximum atomic E-state index is 4.38. The topological polar surface area (TPSA) is 67.3 Å². The lowest BCUT2D eigenvalue weighted by atomic mass is 10.4. The van der Waals surface area contributed by atoms with Crippen LogP contribution in [0.4, 0.5) is 0 Å². The normalized spacial score (nSPS) is 10.6. The van der Waals surface area contributed by atoms with Crippen molar-refractivity contribution in [1.29, 1.82) is 0 Å². The van der Waals surface area contributed by atoms with Crippen molar-refractivity contribution < 1.29 is 0 Å². The monoisotopic (exact) mass is 195 g/mol. The number of aromatic amines is 1. The third-order valence-electron chi connectivity index (χ3n) is 1.77. The van der Waals surface area contributed by atoms with Crippen LogP contribution in [0, 0.1) is 13.8 Å². The molecular weight excluding hydrogens is 186 g/mol. The Bertz CT molecular complexity index is 371. The van der Waals surface area contributed by atoms with Gasteiger partial charge in [0, 0.05) is 4.88 Å². The van der Waals surface area contributed by atoms with Crippen LogP contribution in [0.5, 0.6) is 0 Å². The summed E-state index contributed by atoms with van der Waals surface area (Å²) in [4.78, 5) is 5.63. The van der Waals surface area contributed by atoms with E-state index in [-0.39, 0.29) is 0 Å². The minimum absolute atomic E-state index is 0.663. The van der Waals surface area contributed by atoms with E-state index in [0.717, 1.165) is 10.7 Å². The van der Waals surface area contributed by atoms with Crippen LogP contribution >= 0.6 is 11.3 Å². The van der Waals surface area contributed by atoms with Crippen LogP contribution in [0.1, 0.15) is 21.4 Å². The molecule has 0 aliphatic rings. The third kappa shape index (κ3) is 1.72. The standard InChI is InChI=1S/C7H9N5S/c1-4-5(2)13-7(8-4)3-6-9-11-12-10-6/h3H2,1-2H3,(H,9,10,11,12). The van der Waals surface area contributed by atoms with Gasteiger partial charge in [0.1, 0.15) is 5.01 Å². The number of rotatable bonds is 2. The molecular formula is C7H9N5S. The number of tetrazole rings is 1. The predicted molar refractivity (Wildman–Crippen MR) is 48.6 cm³/mol. The van der Waals surface area contributed by atoms with Gasteiger partial charge >= 0.3 is 0 Å². The first kappa shape index (κ1) is 8.31. The molecule has 0 amide bonds. The van der Waals surface area contributed by atoms with Crippen molar-refractivity contribution in [1.82, 2.24) is 25.6 Å². The van der Waals surface area contributed by atoms with Crippen molar-refractivity contribution in [3.8, 4) is 0 Å². The Hall–Kier alpha value is -1.30. The van der Waals surface area contributed by atoms with Gasteiger partial charge in [0.2, 0.25) is 0 Å². The van der Waals surface area contributed by atoms with Gasteiger partial charge in [-0.1, -0.05) is 5.21 Å². The highest BCUT2D eigenvalue weighted by Gasteiger charge is 2.06. The second kappa shape index (κ2) is 3.21. The molecule has 0 saturated heterocycles. The number of hydrogen-bond acceptors (Lipinski definition) is 5. The molecule has 0 radical (unpaired) electrons. The molecule has 0 aliphatic heterocycles. The Labute approximate surface area is 79.2 Å². The van der Waals surface area contributed by atoms with Crippen molar-refractivity contribution in [2.75, 3.05) is 0 Å². The van der Waals surface area contributed by atoms with Gasteiger partial charge in [-0.15, -0.1) is 21.5 Å². The highest BCUT2D eigenvalue weighted by atomic mass is 32.1. The Kier molecular flexibility index (Phi) is 2.05. The number of aromatic nitrogens is 5. The van der Waals surface area contributed by atoms with E-state index >= 15 is 0 Å². The van der Waals surface area contributed by atoms with E-state index in [1.165, 1.54) is 4.88 Å². The van der Waals surface area contributed by atoms with Crippen LogP contribution < -0.4 is 0 Å². The number of hydrogen-bond donors (Lipinski definition) is 1. The summed E-state index contributed by atoms with van der Waals surface area (Å²) in [6.07, 6.45) is 0.663. The molecule has 2 aromatic rings. The zero-order valence-corrected chi connectivity index (χ0v) is 8.22. The van der Waals surface area contributed by atoms with Gasteiger partial charge < -0.3 is 0 Å². The first-order valence-electron chi connectivity index (χ1n) is 3.91. The molecule has 0 spiro atoms. The van der Waals surface area contributed by atoms with Crippen molar-refractivity contribution >= 4 is 11.3 Å². The van der Waals surface area contributed by atoms with Gasteiger partial charge in [0.25, 0.3) is 0 Å². The van der Waals surface area contributed by atoms with Crippen molar-refractivity contribution in [3.05, 3.63) is 21.4 Å². The highest BCUT2D eigenvalue weighted by Crippen LogP contribution is 2.17. The van der Waals surface area contributed by atoms with E-state index < -0.39 is 0 Å². The lowest BCUT2D eigenvalue weighted by Gasteiger charge is -1.85. The number of thiazole rings is 1. The average molecular weight is 195 g/mol. The first-order valence-corrected chi connectivity index (χ1v) is 4.72. The Morgan fingerprint density at radius 2 is 2.23 bits per heavy atom. The molecule has 0 fully saturated rings. The van der Waals surface area contributed by atoms with E-state index in [9.17, 15) is 0 Å². The summed E-state index contributed by atoms with van der Waals surface area (Å²) in [6, 6.07) is 0. The summed E-state index contributed by atoms with van der Waals surface area (Å²) in [5.74, 6) is 0.689. The summed E-state index contributed by atoms with van der Waals surface area (Å²) in [7, 11) is 0. The maximum absolute atomic E-state index is 4.38. The third-order valence-corrected chi connectivity index (χ3v) is 2.84. The van der Waals surface area contributed by atoms with Crippen LogP contribution in [0.25, 0.3) is 0 Å². The van der Waals surface area contributed by atoms with Gasteiger partial charge in [-0.25, -0.2) is 4.98 Å². The Morgan fingerprint density at radius 1 is 1.38 bits per heavy atom. The summed E-state index contributed by atoms with van der Waals surface area (Å²) in [6.45, 7) is 4.07. The molecule has 2 aromatic heterocycles. The fourth-order valence-electron chi connectivity index (χ4n) is 1.01. The summed E-state index contributed by atoms with van der Waals surface area (Å²) in [5.41, 5.74) is 1.09. The van der Waals surface area contributed by atoms with Gasteiger partial charge in [-0.05, 0) is 13.8 Å². The molecule has 0 atom stereocenters. The van der Waals surface area contributed by atoms with Crippen LogP contribution in [-0.2, 0) is 6.42 Å². The van der Waals surface area contributed by atoms with E-state index in [0.29, 0.717) is 12.2 Å². The molecule has 2 rings (SSSR count). The molecule has 0 aromatic carbocycles. The highest BCUT2D eigenvalue weighted by molar-refractivity contribution is 7.11. The number of nitrogens with zero attached hydrogens (tertiary/aromatic N) is 4. The molecule has 1 N–H and O–H groups in total. The van der Waals surface area contributed by atoms with E-state index in [2.05, 4.69) is 32.5 Å². The maximum Gasteiger partial charge on any atom is 0.181 e. The van der Waals surface area contributed by atoms with Crippen LogP contribution in [0.2, 0.25) is 0 Å². The zero-order chi connectivity index (χ0) is 9.26. The molecule has 5 nitrogen and oxygen atoms in total. The molecule has 0 bridgehead atoms. The fraction of sp³-hybridized carbons (Fsp3) is 0.429. The smallest absolute Gasteiger partial charge is 0.181 e. The molecule has 0 unspecified atom stereocenters. The van der Waals surface area contributed by atoms with Gasteiger partial charge in [-0.2, -0.15) is 5.21 Å². The summed E-state index contributed by atoms with van der Waals surface area (Å²) >= 11 is 1.68. The van der Waals surface area contributed by atoms with Crippen molar-refractivity contribution in [2.45, 2.75) is 20.3 Å². The van der Waals surface area contributed by atoms with Crippen molar-refractivity contribution in [2.24, 2.45) is 0 Å². The summed E-state index contributed by atoms with van der Waals surface area (Å²) in [5, 5.41) is 14.7. The number of H-pyrrole nitrogens is 1. The van der Waals surface area contributed by atoms with Crippen LogP contribution in [0.15, 0.2) is 0 Å². The van der Waals surface area contributed by atoms with Crippen LogP contribution in [0.3, 0.4) is 0 Å². The molecule has 6 heteroatoms. The van der Waals surface area contributed by atoms with E-state index in [1.807, 2.05) is 6.92 Å². The van der Waals surface area contributed by atoms with Gasteiger partial charge in [-0.3, -0.25) is 0 Å². The average Bonchev–Trinajstić information content (AvgIpc) is 2.64. The predicted octanol–water partition coefficient (Wildman–Crippen LogP) is 0.864. The lowest BCUT2D eigenvalue weighted by molar-refractivity contribution is 0.881. The minimum Gasteiger partial charge on any atom is -0.246 e. The zero-order valence-electron chi connectivity index (χ0n) is 7.40. The molecule has 13 heavy (non-hydrogen) atoms. The van der Waals surface area contributed by atoms with Crippen LogP contribution in [-0.4, -0.2) is 25.6 Å². The SMILES string of the molecule is Cc1nc(Cc2nn[nH]n2)sc1C. The second-order valence-corrected chi connectivity index (χ2v) is 4.04. The van der Waals surface area contributed by atoms with E-state index in [1.54, 1.807) is 11.3 Å².